The number of carbonyl (C=O) groups is 3. The van der Waals surface area contributed by atoms with E-state index in [1.165, 1.54) is 4.90 Å². The monoisotopic (exact) mass is 594 g/mol. The molecule has 2 bridgehead atoms. The van der Waals surface area contributed by atoms with Crippen LogP contribution in [-0.2, 0) is 20.7 Å². The number of nitrogens with zero attached hydrogens (tertiary/aromatic N) is 3. The molecule has 3 heterocycles. The van der Waals surface area contributed by atoms with Gasteiger partial charge in [0.2, 0.25) is 11.8 Å². The van der Waals surface area contributed by atoms with Gasteiger partial charge in [0.25, 0.3) is 0 Å². The molecule has 2 N–H and O–H groups in total. The Morgan fingerprint density at radius 3 is 2.53 bits per heavy atom. The second-order valence-corrected chi connectivity index (χ2v) is 12.5. The summed E-state index contributed by atoms with van der Waals surface area (Å²) in [5, 5.41) is 13.2. The predicted octanol–water partition coefficient (Wildman–Crippen LogP) is 4.50. The molecule has 2 aliphatic heterocycles. The van der Waals surface area contributed by atoms with E-state index in [-0.39, 0.29) is 24.5 Å². The third-order valence-electron chi connectivity index (χ3n) is 9.79. The van der Waals surface area contributed by atoms with Gasteiger partial charge in [-0.2, -0.15) is 0 Å². The van der Waals surface area contributed by atoms with Crippen molar-refractivity contribution in [1.82, 2.24) is 20.2 Å². The lowest BCUT2D eigenvalue weighted by Crippen LogP contribution is -2.55. The van der Waals surface area contributed by atoms with E-state index in [0.29, 0.717) is 35.9 Å². The Bertz CT molecular complexity index is 1360. The van der Waals surface area contributed by atoms with Crippen LogP contribution in [0.1, 0.15) is 76.8 Å². The minimum Gasteiger partial charge on any atom is -0.497 e. The number of fused-ring (bicyclic) bond motifs is 5. The van der Waals surface area contributed by atoms with E-state index in [2.05, 4.69) is 5.32 Å². The summed E-state index contributed by atoms with van der Waals surface area (Å²) in [6.07, 6.45) is 8.06. The van der Waals surface area contributed by atoms with Crippen molar-refractivity contribution in [3.8, 4) is 11.6 Å². The van der Waals surface area contributed by atoms with Crippen molar-refractivity contribution >= 4 is 29.0 Å². The number of alkyl carbamates (subject to hydrolysis) is 1. The summed E-state index contributed by atoms with van der Waals surface area (Å²) in [5.74, 6) is -0.644. The minimum absolute atomic E-state index is 0.0666. The fourth-order valence-corrected chi connectivity index (χ4v) is 7.31. The first-order chi connectivity index (χ1) is 20.9. The van der Waals surface area contributed by atoms with Crippen molar-refractivity contribution in [2.24, 2.45) is 17.8 Å². The first kappa shape index (κ1) is 29.4. The normalized spacial score (nSPS) is 30.3. The highest BCUT2D eigenvalue weighted by atomic mass is 16.6. The molecule has 1 aromatic heterocycles. The van der Waals surface area contributed by atoms with Crippen LogP contribution in [0.4, 0.5) is 4.79 Å². The van der Waals surface area contributed by atoms with Crippen molar-refractivity contribution in [2.45, 2.75) is 102 Å². The Morgan fingerprint density at radius 1 is 1.02 bits per heavy atom. The van der Waals surface area contributed by atoms with Crippen molar-refractivity contribution in [2.75, 3.05) is 13.7 Å². The van der Waals surface area contributed by atoms with Crippen molar-refractivity contribution in [1.29, 1.82) is 0 Å². The number of ether oxygens (including phenoxy) is 3. The number of hydrogen-bond donors (Lipinski definition) is 2. The fourth-order valence-electron chi connectivity index (χ4n) is 7.31. The number of rotatable bonds is 4. The second-order valence-electron chi connectivity index (χ2n) is 12.5. The molecule has 1 aromatic carbocycles. The number of aryl methyl sites for hydroxylation is 1. The smallest absolute Gasteiger partial charge is 0.408 e. The van der Waals surface area contributed by atoms with Gasteiger partial charge in [-0.1, -0.05) is 32.6 Å². The van der Waals surface area contributed by atoms with Gasteiger partial charge in [-0.15, -0.1) is 0 Å². The molecule has 4 aliphatic rings. The SMILES string of the molecule is CC[C@@H]1[C@@H]2CN(C(=O)[C@H](C3CCCC3)NC(=O)O[C@@H]3C[C@H]3CCCCCc3nc4ccc(OC)cc4nc3O2)[C@@H]1C(=O)O. The summed E-state index contributed by atoms with van der Waals surface area (Å²) in [7, 11) is 1.60. The van der Waals surface area contributed by atoms with Crippen LogP contribution < -0.4 is 14.8 Å². The lowest BCUT2D eigenvalue weighted by molar-refractivity contribution is -0.151. The number of carboxylic acid groups (broad SMARTS) is 1. The lowest BCUT2D eigenvalue weighted by atomic mass is 9.94. The summed E-state index contributed by atoms with van der Waals surface area (Å²) in [5.41, 5.74) is 2.09. The first-order valence-electron chi connectivity index (χ1n) is 15.9. The highest BCUT2D eigenvalue weighted by molar-refractivity contribution is 5.90. The van der Waals surface area contributed by atoms with Crippen LogP contribution in [0.5, 0.6) is 11.6 Å². The Kier molecular flexibility index (Phi) is 8.59. The molecule has 0 unspecified atom stereocenters. The van der Waals surface area contributed by atoms with E-state index in [4.69, 9.17) is 24.2 Å². The maximum absolute atomic E-state index is 14.2. The largest absolute Gasteiger partial charge is 0.497 e. The van der Waals surface area contributed by atoms with Crippen LogP contribution in [0.25, 0.3) is 11.0 Å². The molecular formula is C32H42N4O7. The number of benzene rings is 1. The van der Waals surface area contributed by atoms with Gasteiger partial charge < -0.3 is 29.5 Å². The maximum Gasteiger partial charge on any atom is 0.408 e. The number of nitrogens with one attached hydrogen (secondary N) is 1. The number of amides is 2. The van der Waals surface area contributed by atoms with E-state index in [9.17, 15) is 19.5 Å². The maximum atomic E-state index is 14.2. The standard InChI is InChI=1S/C32H42N4O7/c1-3-21-26-17-36(28(21)31(38)39)30(37)27(18-9-7-8-10-18)35-32(40)43-25-15-19(25)11-5-4-6-12-23-29(42-26)34-24-16-20(41-2)13-14-22(24)33-23/h13-14,16,18-19,21,25-28H,3-12,15,17H2,1-2H3,(H,35,40)(H,38,39)/t19-,21-,25-,26+,27+,28+/m1/s1. The summed E-state index contributed by atoms with van der Waals surface area (Å²) in [6.45, 7) is 1.99. The summed E-state index contributed by atoms with van der Waals surface area (Å²) in [4.78, 5) is 51.0. The highest BCUT2D eigenvalue weighted by Gasteiger charge is 2.51. The molecule has 2 amide bonds. The molecule has 43 heavy (non-hydrogen) atoms. The van der Waals surface area contributed by atoms with Crippen LogP contribution in [-0.4, -0.2) is 75.9 Å². The molecule has 232 valence electrons. The molecule has 6 atom stereocenters. The van der Waals surface area contributed by atoms with Gasteiger partial charge in [0.15, 0.2) is 0 Å². The molecular weight excluding hydrogens is 552 g/mol. The summed E-state index contributed by atoms with van der Waals surface area (Å²) >= 11 is 0. The molecule has 3 fully saturated rings. The zero-order chi connectivity index (χ0) is 30.1. The van der Waals surface area contributed by atoms with E-state index in [0.717, 1.165) is 69.0 Å². The van der Waals surface area contributed by atoms with Gasteiger partial charge in [-0.25, -0.2) is 19.6 Å². The number of carbonyl (C=O) groups excluding carboxylic acids is 2. The number of aromatic nitrogens is 2. The average Bonchev–Trinajstić information content (AvgIpc) is 3.34. The number of aliphatic carboxylic acids is 1. The van der Waals surface area contributed by atoms with Gasteiger partial charge in [-0.05, 0) is 68.9 Å². The Morgan fingerprint density at radius 2 is 1.79 bits per heavy atom. The van der Waals surface area contributed by atoms with Crippen molar-refractivity contribution in [3.05, 3.63) is 23.9 Å². The second kappa shape index (κ2) is 12.5. The topological polar surface area (TPSA) is 140 Å². The van der Waals surface area contributed by atoms with Gasteiger partial charge >= 0.3 is 12.1 Å². The van der Waals surface area contributed by atoms with Gasteiger partial charge in [0.1, 0.15) is 35.7 Å². The molecule has 0 radical (unpaired) electrons. The van der Waals surface area contributed by atoms with Gasteiger partial charge in [0.05, 0.1) is 24.7 Å². The van der Waals surface area contributed by atoms with Crippen LogP contribution >= 0.6 is 0 Å². The molecule has 1 saturated heterocycles. The predicted molar refractivity (Wildman–Crippen MR) is 157 cm³/mol. The Hall–Kier alpha value is -3.63. The number of methoxy groups -OCH3 is 1. The first-order valence-corrected chi connectivity index (χ1v) is 15.9. The van der Waals surface area contributed by atoms with Crippen LogP contribution in [0.2, 0.25) is 0 Å². The quantitative estimate of drug-likeness (QED) is 0.524. The van der Waals surface area contributed by atoms with E-state index in [1.54, 1.807) is 7.11 Å². The minimum atomic E-state index is -1.09. The zero-order valence-corrected chi connectivity index (χ0v) is 25.0. The van der Waals surface area contributed by atoms with E-state index < -0.39 is 36.2 Å². The highest BCUT2D eigenvalue weighted by Crippen LogP contribution is 2.39. The molecule has 2 saturated carbocycles. The third-order valence-corrected chi connectivity index (χ3v) is 9.79. The van der Waals surface area contributed by atoms with Crippen LogP contribution in [0, 0.1) is 17.8 Å². The lowest BCUT2D eigenvalue weighted by Gasteiger charge is -2.31. The molecule has 2 aromatic rings. The zero-order valence-electron chi connectivity index (χ0n) is 25.0. The number of hydrogen-bond acceptors (Lipinski definition) is 8. The van der Waals surface area contributed by atoms with E-state index >= 15 is 0 Å². The molecule has 11 heteroatoms. The third kappa shape index (κ3) is 6.21. The van der Waals surface area contributed by atoms with Crippen molar-refractivity contribution in [3.63, 3.8) is 0 Å². The average molecular weight is 595 g/mol. The van der Waals surface area contributed by atoms with E-state index in [1.807, 2.05) is 25.1 Å². The fraction of sp³-hybridized carbons (Fsp3) is 0.656. The van der Waals surface area contributed by atoms with Crippen LogP contribution in [0.3, 0.4) is 0 Å². The van der Waals surface area contributed by atoms with Gasteiger partial charge in [0, 0.05) is 12.0 Å². The Balaban J connectivity index is 1.36. The summed E-state index contributed by atoms with van der Waals surface area (Å²) < 4.78 is 17.7. The molecule has 6 rings (SSSR count). The van der Waals surface area contributed by atoms with Crippen molar-refractivity contribution < 1.29 is 33.7 Å². The van der Waals surface area contributed by atoms with Gasteiger partial charge in [-0.3, -0.25) is 4.79 Å². The molecule has 2 aliphatic carbocycles. The summed E-state index contributed by atoms with van der Waals surface area (Å²) in [6, 6.07) is 3.61. The number of carboxylic acids is 1. The molecule has 0 spiro atoms. The molecule has 11 nitrogen and oxygen atoms in total. The van der Waals surface area contributed by atoms with Crippen LogP contribution in [0.15, 0.2) is 18.2 Å². The Labute approximate surface area is 251 Å².